The van der Waals surface area contributed by atoms with Gasteiger partial charge in [0.05, 0.1) is 0 Å². The number of benzene rings is 4. The quantitative estimate of drug-likeness (QED) is 0.188. The Morgan fingerprint density at radius 2 is 1.29 bits per heavy atom. The van der Waals surface area contributed by atoms with Crippen molar-refractivity contribution in [2.24, 2.45) is 0 Å². The van der Waals surface area contributed by atoms with Crippen molar-refractivity contribution in [3.8, 4) is 11.5 Å². The van der Waals surface area contributed by atoms with Crippen molar-refractivity contribution in [1.82, 2.24) is 5.32 Å². The summed E-state index contributed by atoms with van der Waals surface area (Å²) in [7, 11) is 0. The molecule has 4 rings (SSSR count). The fraction of sp³-hybridized carbons (Fsp3) is 0.100. The van der Waals surface area contributed by atoms with Gasteiger partial charge in [0.2, 0.25) is 0 Å². The van der Waals surface area contributed by atoms with Gasteiger partial charge >= 0.3 is 0 Å². The molecule has 0 aliphatic heterocycles. The Hall–Kier alpha value is -4.69. The number of carbonyl (C=O) groups is 2. The predicted molar refractivity (Wildman–Crippen MR) is 153 cm³/mol. The topological polar surface area (TPSA) is 88.7 Å². The summed E-state index contributed by atoms with van der Waals surface area (Å²) < 4.78 is 11.3. The van der Waals surface area contributed by atoms with E-state index in [4.69, 9.17) is 21.7 Å². The summed E-state index contributed by atoms with van der Waals surface area (Å²) >= 11 is 5.30. The van der Waals surface area contributed by atoms with E-state index in [1.807, 2.05) is 55.5 Å². The monoisotopic (exact) mass is 525 g/mol. The van der Waals surface area contributed by atoms with Crippen molar-refractivity contribution in [2.45, 2.75) is 6.92 Å². The second-order valence-corrected chi connectivity index (χ2v) is 8.70. The van der Waals surface area contributed by atoms with Crippen LogP contribution in [-0.4, -0.2) is 30.1 Å². The molecule has 0 aliphatic carbocycles. The zero-order chi connectivity index (χ0) is 26.7. The number of thiocarbonyl (C=S) groups is 1. The fourth-order valence-electron chi connectivity index (χ4n) is 3.56. The molecule has 0 aromatic heterocycles. The zero-order valence-electron chi connectivity index (χ0n) is 20.8. The van der Waals surface area contributed by atoms with Gasteiger partial charge in [-0.3, -0.25) is 14.9 Å². The molecular weight excluding hydrogens is 498 g/mol. The van der Waals surface area contributed by atoms with Gasteiger partial charge in [0.25, 0.3) is 11.8 Å². The summed E-state index contributed by atoms with van der Waals surface area (Å²) in [6.45, 7) is 2.60. The Labute approximate surface area is 226 Å². The van der Waals surface area contributed by atoms with E-state index in [0.29, 0.717) is 41.5 Å². The van der Waals surface area contributed by atoms with E-state index in [2.05, 4.69) is 16.0 Å². The van der Waals surface area contributed by atoms with Gasteiger partial charge in [-0.25, -0.2) is 0 Å². The molecule has 3 N–H and O–H groups in total. The third-order valence-electron chi connectivity index (χ3n) is 5.48. The number of aryl methyl sites for hydroxylation is 1. The standard InChI is InChI=1S/C30H27N3O4S/c1-21-8-5-6-13-27(21)29(35)31-23-14-16-24(17-15-23)32-30(38)33-28(34)22-9-7-12-26(20-22)37-19-18-36-25-10-3-2-4-11-25/h2-17,20H,18-19H2,1H3,(H,31,35)(H2,32,33,34,38). The second kappa shape index (κ2) is 13.0. The van der Waals surface area contributed by atoms with Crippen molar-refractivity contribution in [1.29, 1.82) is 0 Å². The van der Waals surface area contributed by atoms with E-state index in [0.717, 1.165) is 11.3 Å². The molecule has 38 heavy (non-hydrogen) atoms. The van der Waals surface area contributed by atoms with Crippen LogP contribution in [0, 0.1) is 6.92 Å². The normalized spacial score (nSPS) is 10.2. The van der Waals surface area contributed by atoms with Crippen LogP contribution in [0.2, 0.25) is 0 Å². The van der Waals surface area contributed by atoms with Crippen LogP contribution in [0.5, 0.6) is 11.5 Å². The number of hydrogen-bond donors (Lipinski definition) is 3. The molecule has 0 saturated heterocycles. The fourth-order valence-corrected chi connectivity index (χ4v) is 3.77. The molecule has 0 heterocycles. The number of rotatable bonds is 9. The van der Waals surface area contributed by atoms with Gasteiger partial charge in [-0.1, -0.05) is 42.5 Å². The smallest absolute Gasteiger partial charge is 0.257 e. The van der Waals surface area contributed by atoms with Crippen LogP contribution in [0.1, 0.15) is 26.3 Å². The predicted octanol–water partition coefficient (Wildman–Crippen LogP) is 5.83. The maximum atomic E-state index is 12.7. The average Bonchev–Trinajstić information content (AvgIpc) is 2.93. The third kappa shape index (κ3) is 7.65. The Morgan fingerprint density at radius 1 is 0.684 bits per heavy atom. The molecule has 0 fully saturated rings. The van der Waals surface area contributed by atoms with Crippen LogP contribution in [0.15, 0.2) is 103 Å². The first-order chi connectivity index (χ1) is 18.5. The maximum absolute atomic E-state index is 12.7. The lowest BCUT2D eigenvalue weighted by Gasteiger charge is -2.12. The van der Waals surface area contributed by atoms with Crippen LogP contribution in [0.25, 0.3) is 0 Å². The van der Waals surface area contributed by atoms with Gasteiger partial charge in [-0.2, -0.15) is 0 Å². The number of carbonyl (C=O) groups excluding carboxylic acids is 2. The lowest BCUT2D eigenvalue weighted by Crippen LogP contribution is -2.34. The van der Waals surface area contributed by atoms with E-state index in [9.17, 15) is 9.59 Å². The van der Waals surface area contributed by atoms with Crippen molar-refractivity contribution in [3.05, 3.63) is 120 Å². The highest BCUT2D eigenvalue weighted by Crippen LogP contribution is 2.17. The van der Waals surface area contributed by atoms with Gasteiger partial charge in [0.15, 0.2) is 5.11 Å². The Kier molecular flexibility index (Phi) is 9.04. The SMILES string of the molecule is Cc1ccccc1C(=O)Nc1ccc(NC(=S)NC(=O)c2cccc(OCCOc3ccccc3)c2)cc1. The number of amides is 2. The minimum absolute atomic E-state index is 0.147. The van der Waals surface area contributed by atoms with Gasteiger partial charge in [-0.05, 0) is 85.4 Å². The lowest BCUT2D eigenvalue weighted by molar-refractivity contribution is 0.0975. The van der Waals surface area contributed by atoms with E-state index in [1.54, 1.807) is 54.6 Å². The van der Waals surface area contributed by atoms with Crippen molar-refractivity contribution in [3.63, 3.8) is 0 Å². The average molecular weight is 526 g/mol. The molecule has 0 radical (unpaired) electrons. The van der Waals surface area contributed by atoms with Gasteiger partial charge in [-0.15, -0.1) is 0 Å². The lowest BCUT2D eigenvalue weighted by atomic mass is 10.1. The van der Waals surface area contributed by atoms with Gasteiger partial charge < -0.3 is 20.1 Å². The summed E-state index contributed by atoms with van der Waals surface area (Å²) in [6, 6.07) is 30.7. The molecule has 8 heteroatoms. The van der Waals surface area contributed by atoms with Crippen LogP contribution in [0.4, 0.5) is 11.4 Å². The van der Waals surface area contributed by atoms with Crippen LogP contribution < -0.4 is 25.4 Å². The van der Waals surface area contributed by atoms with Crippen molar-refractivity contribution in [2.75, 3.05) is 23.8 Å². The summed E-state index contributed by atoms with van der Waals surface area (Å²) in [6.07, 6.45) is 0. The largest absolute Gasteiger partial charge is 0.490 e. The molecule has 4 aromatic carbocycles. The molecule has 0 aliphatic rings. The van der Waals surface area contributed by atoms with Crippen molar-refractivity contribution >= 4 is 40.5 Å². The maximum Gasteiger partial charge on any atom is 0.257 e. The van der Waals surface area contributed by atoms with Crippen LogP contribution in [-0.2, 0) is 0 Å². The van der Waals surface area contributed by atoms with Gasteiger partial charge in [0.1, 0.15) is 24.7 Å². The minimum Gasteiger partial charge on any atom is -0.490 e. The van der Waals surface area contributed by atoms with E-state index in [1.165, 1.54) is 0 Å². The van der Waals surface area contributed by atoms with E-state index >= 15 is 0 Å². The highest BCUT2D eigenvalue weighted by molar-refractivity contribution is 7.80. The molecule has 192 valence electrons. The van der Waals surface area contributed by atoms with Crippen LogP contribution in [0.3, 0.4) is 0 Å². The minimum atomic E-state index is -0.365. The number of para-hydroxylation sites is 1. The second-order valence-electron chi connectivity index (χ2n) is 8.29. The molecule has 0 unspecified atom stereocenters. The summed E-state index contributed by atoms with van der Waals surface area (Å²) in [5, 5.41) is 8.67. The number of anilines is 2. The van der Waals surface area contributed by atoms with E-state index in [-0.39, 0.29) is 16.9 Å². The molecule has 4 aromatic rings. The Bertz CT molecular complexity index is 1410. The van der Waals surface area contributed by atoms with E-state index < -0.39 is 0 Å². The van der Waals surface area contributed by atoms with Gasteiger partial charge in [0, 0.05) is 22.5 Å². The molecule has 0 bridgehead atoms. The Balaban J connectivity index is 1.24. The first-order valence-corrected chi connectivity index (χ1v) is 12.4. The summed E-state index contributed by atoms with van der Waals surface area (Å²) in [5.74, 6) is 0.778. The number of ether oxygens (including phenoxy) is 2. The highest BCUT2D eigenvalue weighted by atomic mass is 32.1. The molecule has 2 amide bonds. The summed E-state index contributed by atoms with van der Waals surface area (Å²) in [4.78, 5) is 25.2. The van der Waals surface area contributed by atoms with Crippen LogP contribution >= 0.6 is 12.2 Å². The third-order valence-corrected chi connectivity index (χ3v) is 5.68. The summed E-state index contributed by atoms with van der Waals surface area (Å²) in [5.41, 5.74) is 3.24. The van der Waals surface area contributed by atoms with Crippen molar-refractivity contribution < 1.29 is 19.1 Å². The zero-order valence-corrected chi connectivity index (χ0v) is 21.6. The number of nitrogens with one attached hydrogen (secondary N) is 3. The first-order valence-electron chi connectivity index (χ1n) is 12.0. The molecule has 7 nitrogen and oxygen atoms in total. The first kappa shape index (κ1) is 26.4. The Morgan fingerprint density at radius 3 is 2.00 bits per heavy atom. The molecule has 0 atom stereocenters. The number of hydrogen-bond acceptors (Lipinski definition) is 5. The molecule has 0 saturated carbocycles. The highest BCUT2D eigenvalue weighted by Gasteiger charge is 2.11. The molecule has 0 spiro atoms. The molecular formula is C30H27N3O4S.